The van der Waals surface area contributed by atoms with E-state index in [0.717, 1.165) is 17.8 Å². The van der Waals surface area contributed by atoms with Crippen LogP contribution >= 0.6 is 11.8 Å². The largest absolute Gasteiger partial charge is 0.330 e. The van der Waals surface area contributed by atoms with Crippen molar-refractivity contribution in [3.05, 3.63) is 48.0 Å². The second-order valence-corrected chi connectivity index (χ2v) is 8.31. The van der Waals surface area contributed by atoms with Gasteiger partial charge >= 0.3 is 0 Å². The zero-order valence-electron chi connectivity index (χ0n) is 13.8. The lowest BCUT2D eigenvalue weighted by atomic mass is 10.1. The maximum Gasteiger partial charge on any atom is 0.0951 e. The van der Waals surface area contributed by atoms with Crippen LogP contribution in [0.25, 0.3) is 0 Å². The smallest absolute Gasteiger partial charge is 0.0951 e. The summed E-state index contributed by atoms with van der Waals surface area (Å²) in [5.74, 6) is 0. The summed E-state index contributed by atoms with van der Waals surface area (Å²) in [6.45, 7) is 5.66. The van der Waals surface area contributed by atoms with Crippen molar-refractivity contribution < 1.29 is 0 Å². The number of nitrogens with zero attached hydrogens (tertiary/aromatic N) is 3. The molecule has 122 valence electrons. The lowest BCUT2D eigenvalue weighted by molar-refractivity contribution is 0.219. The van der Waals surface area contributed by atoms with Crippen LogP contribution in [-0.2, 0) is 6.54 Å². The summed E-state index contributed by atoms with van der Waals surface area (Å²) >= 11 is 2.06. The lowest BCUT2D eigenvalue weighted by Gasteiger charge is -2.31. The average molecular weight is 327 g/mol. The Kier molecular flexibility index (Phi) is 4.45. The minimum Gasteiger partial charge on any atom is -0.330 e. The van der Waals surface area contributed by atoms with Crippen molar-refractivity contribution in [3.63, 3.8) is 0 Å². The van der Waals surface area contributed by atoms with Gasteiger partial charge in [0.2, 0.25) is 0 Å². The van der Waals surface area contributed by atoms with Crippen LogP contribution in [-0.4, -0.2) is 32.8 Å². The Morgan fingerprint density at radius 2 is 2.00 bits per heavy atom. The number of rotatable bonds is 5. The molecule has 1 aromatic carbocycles. The van der Waals surface area contributed by atoms with E-state index in [1.165, 1.54) is 54.9 Å². The van der Waals surface area contributed by atoms with Gasteiger partial charge in [-0.05, 0) is 57.8 Å². The number of hydrogen-bond donors (Lipinski definition) is 0. The number of thioether (sulfide) groups is 1. The zero-order chi connectivity index (χ0) is 15.6. The number of piperidine rings is 1. The van der Waals surface area contributed by atoms with Gasteiger partial charge in [0.15, 0.2) is 0 Å². The Morgan fingerprint density at radius 1 is 1.17 bits per heavy atom. The lowest BCUT2D eigenvalue weighted by Crippen LogP contribution is -2.34. The first-order chi connectivity index (χ1) is 11.3. The van der Waals surface area contributed by atoms with E-state index in [1.54, 1.807) is 0 Å². The van der Waals surface area contributed by atoms with Crippen molar-refractivity contribution >= 4 is 11.8 Å². The monoisotopic (exact) mass is 327 g/mol. The molecule has 23 heavy (non-hydrogen) atoms. The van der Waals surface area contributed by atoms with Crippen LogP contribution in [0.3, 0.4) is 0 Å². The Labute approximate surface area is 143 Å². The van der Waals surface area contributed by atoms with Crippen molar-refractivity contribution in [3.8, 4) is 0 Å². The van der Waals surface area contributed by atoms with Gasteiger partial charge in [-0.25, -0.2) is 4.98 Å². The number of aromatic nitrogens is 2. The molecule has 1 aromatic heterocycles. The standard InChI is InChI=1S/C19H25N3S/c1-15-3-2-4-19(11-15)23-18-7-9-21(10-8-18)13-17-12-20-14-22(17)16-5-6-16/h2-4,11-12,14,16,18H,5-10,13H2,1H3. The predicted octanol–water partition coefficient (Wildman–Crippen LogP) is 4.28. The molecule has 4 rings (SSSR count). The average Bonchev–Trinajstić information content (AvgIpc) is 3.29. The highest BCUT2D eigenvalue weighted by molar-refractivity contribution is 8.00. The van der Waals surface area contributed by atoms with E-state index in [1.807, 2.05) is 6.33 Å². The molecule has 0 unspecified atom stereocenters. The van der Waals surface area contributed by atoms with E-state index in [4.69, 9.17) is 0 Å². The van der Waals surface area contributed by atoms with Gasteiger partial charge in [0.25, 0.3) is 0 Å². The molecule has 1 aliphatic heterocycles. The van der Waals surface area contributed by atoms with Crippen LogP contribution in [0.15, 0.2) is 41.7 Å². The second-order valence-electron chi connectivity index (χ2n) is 6.93. The van der Waals surface area contributed by atoms with E-state index in [9.17, 15) is 0 Å². The molecular weight excluding hydrogens is 302 g/mol. The molecule has 0 amide bonds. The van der Waals surface area contributed by atoms with Gasteiger partial charge in [-0.2, -0.15) is 0 Å². The molecule has 0 N–H and O–H groups in total. The number of likely N-dealkylation sites (tertiary alicyclic amines) is 1. The third-order valence-electron chi connectivity index (χ3n) is 4.90. The van der Waals surface area contributed by atoms with Crippen molar-refractivity contribution in [2.75, 3.05) is 13.1 Å². The molecule has 1 saturated heterocycles. The van der Waals surface area contributed by atoms with Crippen LogP contribution in [0, 0.1) is 6.92 Å². The summed E-state index contributed by atoms with van der Waals surface area (Å²) in [4.78, 5) is 8.39. The predicted molar refractivity (Wildman–Crippen MR) is 95.8 cm³/mol. The van der Waals surface area contributed by atoms with Gasteiger partial charge in [0, 0.05) is 28.9 Å². The highest BCUT2D eigenvalue weighted by Crippen LogP contribution is 2.36. The minimum atomic E-state index is 0.738. The maximum absolute atomic E-state index is 4.36. The third-order valence-corrected chi connectivity index (χ3v) is 6.23. The Bertz CT molecular complexity index is 654. The first-order valence-corrected chi connectivity index (χ1v) is 9.62. The van der Waals surface area contributed by atoms with Crippen LogP contribution in [0.5, 0.6) is 0 Å². The zero-order valence-corrected chi connectivity index (χ0v) is 14.6. The van der Waals surface area contributed by atoms with Gasteiger partial charge in [-0.3, -0.25) is 4.90 Å². The minimum absolute atomic E-state index is 0.738. The molecule has 1 saturated carbocycles. The molecule has 0 radical (unpaired) electrons. The molecule has 4 heteroatoms. The normalized spacial score (nSPS) is 20.0. The van der Waals surface area contributed by atoms with Crippen molar-refractivity contribution in [1.29, 1.82) is 0 Å². The first kappa shape index (κ1) is 15.3. The summed E-state index contributed by atoms with van der Waals surface area (Å²) in [6, 6.07) is 9.65. The summed E-state index contributed by atoms with van der Waals surface area (Å²) in [5.41, 5.74) is 2.76. The van der Waals surface area contributed by atoms with Crippen LogP contribution in [0.1, 0.15) is 43.0 Å². The number of benzene rings is 1. The van der Waals surface area contributed by atoms with E-state index in [2.05, 4.69) is 63.6 Å². The molecule has 2 aromatic rings. The highest BCUT2D eigenvalue weighted by atomic mass is 32.2. The molecular formula is C19H25N3S. The summed E-state index contributed by atoms with van der Waals surface area (Å²) in [7, 11) is 0. The second kappa shape index (κ2) is 6.70. The summed E-state index contributed by atoms with van der Waals surface area (Å²) in [6.07, 6.45) is 9.32. The third kappa shape index (κ3) is 3.81. The van der Waals surface area contributed by atoms with Crippen LogP contribution in [0.4, 0.5) is 0 Å². The van der Waals surface area contributed by atoms with Crippen LogP contribution < -0.4 is 0 Å². The summed E-state index contributed by atoms with van der Waals surface area (Å²) < 4.78 is 2.40. The maximum atomic E-state index is 4.36. The first-order valence-electron chi connectivity index (χ1n) is 8.74. The molecule has 1 aliphatic carbocycles. The van der Waals surface area contributed by atoms with Gasteiger partial charge in [0.05, 0.1) is 12.0 Å². The molecule has 2 aliphatic rings. The molecule has 0 spiro atoms. The molecule has 0 bridgehead atoms. The summed E-state index contributed by atoms with van der Waals surface area (Å²) in [5, 5.41) is 0.765. The van der Waals surface area contributed by atoms with E-state index >= 15 is 0 Å². The van der Waals surface area contributed by atoms with Gasteiger partial charge < -0.3 is 4.57 Å². The van der Waals surface area contributed by atoms with Gasteiger partial charge in [-0.1, -0.05) is 17.7 Å². The number of hydrogen-bond acceptors (Lipinski definition) is 3. The topological polar surface area (TPSA) is 21.1 Å². The Balaban J connectivity index is 1.29. The van der Waals surface area contributed by atoms with Gasteiger partial charge in [-0.15, -0.1) is 11.8 Å². The highest BCUT2D eigenvalue weighted by Gasteiger charge is 2.26. The fourth-order valence-corrected chi connectivity index (χ4v) is 4.67. The van der Waals surface area contributed by atoms with E-state index in [-0.39, 0.29) is 0 Å². The van der Waals surface area contributed by atoms with Crippen LogP contribution in [0.2, 0.25) is 0 Å². The SMILES string of the molecule is Cc1cccc(SC2CCN(Cc3cncn3C3CC3)CC2)c1. The van der Waals surface area contributed by atoms with Gasteiger partial charge in [0.1, 0.15) is 0 Å². The number of aryl methyl sites for hydroxylation is 1. The molecule has 2 fully saturated rings. The number of imidazole rings is 1. The fraction of sp³-hybridized carbons (Fsp3) is 0.526. The molecule has 2 heterocycles. The fourth-order valence-electron chi connectivity index (χ4n) is 3.43. The Morgan fingerprint density at radius 3 is 2.74 bits per heavy atom. The Hall–Kier alpha value is -1.26. The van der Waals surface area contributed by atoms with Crippen molar-refractivity contribution in [1.82, 2.24) is 14.5 Å². The molecule has 3 nitrogen and oxygen atoms in total. The quantitative estimate of drug-likeness (QED) is 0.818. The van der Waals surface area contributed by atoms with Crippen molar-refractivity contribution in [2.45, 2.75) is 55.3 Å². The molecule has 0 atom stereocenters. The van der Waals surface area contributed by atoms with E-state index < -0.39 is 0 Å². The van der Waals surface area contributed by atoms with E-state index in [0.29, 0.717) is 0 Å². The van der Waals surface area contributed by atoms with Crippen molar-refractivity contribution in [2.24, 2.45) is 0 Å².